The average molecular weight is 298 g/mol. The van der Waals surface area contributed by atoms with E-state index >= 15 is 0 Å². The number of halogens is 4. The maximum Gasteiger partial charge on any atom is 0.416 e. The monoisotopic (exact) mass is 297 g/mol. The van der Waals surface area contributed by atoms with Crippen molar-refractivity contribution in [3.05, 3.63) is 28.8 Å². The van der Waals surface area contributed by atoms with Crippen LogP contribution in [0.25, 0.3) is 0 Å². The van der Waals surface area contributed by atoms with E-state index in [9.17, 15) is 18.0 Å². The molecule has 1 aliphatic heterocycles. The minimum Gasteiger partial charge on any atom is -0.492 e. The molecule has 0 saturated carbocycles. The summed E-state index contributed by atoms with van der Waals surface area (Å²) in [6, 6.07) is 0.753. The number of nitrogens with two attached hydrogens (primary N) is 1. The van der Waals surface area contributed by atoms with Crippen LogP contribution in [-0.2, 0) is 6.18 Å². The number of hydrogen-bond donors (Lipinski definition) is 2. The summed E-state index contributed by atoms with van der Waals surface area (Å²) < 4.78 is 43.5. The van der Waals surface area contributed by atoms with Gasteiger partial charge in [-0.05, 0) is 12.1 Å². The van der Waals surface area contributed by atoms with Crippen molar-refractivity contribution in [1.82, 2.24) is 0 Å². The van der Waals surface area contributed by atoms with Crippen LogP contribution in [0.15, 0.2) is 12.1 Å². The van der Waals surface area contributed by atoms with Crippen LogP contribution in [0.5, 0.6) is 5.75 Å². The molecule has 0 radical (unpaired) electrons. The first-order valence-corrected chi connectivity index (χ1v) is 5.18. The molecule has 19 heavy (non-hydrogen) atoms. The molecule has 0 aromatic heterocycles. The number of benzene rings is 1. The lowest BCUT2D eigenvalue weighted by atomic mass is 9.92. The van der Waals surface area contributed by atoms with Crippen LogP contribution in [0.3, 0.4) is 0 Å². The molecule has 0 bridgehead atoms. The van der Waals surface area contributed by atoms with Gasteiger partial charge in [-0.1, -0.05) is 0 Å². The maximum absolute atomic E-state index is 12.8. The Labute approximate surface area is 112 Å². The fourth-order valence-corrected chi connectivity index (χ4v) is 1.97. The largest absolute Gasteiger partial charge is 0.492 e. The zero-order chi connectivity index (χ0) is 13.5. The van der Waals surface area contributed by atoms with Crippen LogP contribution in [-0.4, -0.2) is 17.7 Å². The van der Waals surface area contributed by atoms with Crippen molar-refractivity contribution in [1.29, 1.82) is 0 Å². The second-order valence-corrected chi connectivity index (χ2v) is 3.95. The number of rotatable bonds is 1. The van der Waals surface area contributed by atoms with Gasteiger partial charge in [0.25, 0.3) is 0 Å². The Morgan fingerprint density at radius 1 is 1.42 bits per heavy atom. The normalized spacial score (nSPS) is 18.0. The summed E-state index contributed by atoms with van der Waals surface area (Å²) in [4.78, 5) is 10.9. The standard InChI is InChI=1S/C11H10F3NO3.ClH/c12-11(13,14)6-2-1-5(10(16)17)9-8(6)7(15)3-4-18-9;/h1-2,7H,3-4,15H2,(H,16,17);1H/t7-;/m0./s1. The number of aromatic carboxylic acids is 1. The molecule has 2 rings (SSSR count). The van der Waals surface area contributed by atoms with E-state index < -0.39 is 23.8 Å². The van der Waals surface area contributed by atoms with Crippen LogP contribution in [0.4, 0.5) is 13.2 Å². The molecule has 1 atom stereocenters. The first-order chi connectivity index (χ1) is 8.32. The molecule has 106 valence electrons. The van der Waals surface area contributed by atoms with Gasteiger partial charge >= 0.3 is 12.1 Å². The summed E-state index contributed by atoms with van der Waals surface area (Å²) >= 11 is 0. The van der Waals surface area contributed by atoms with Crippen molar-refractivity contribution in [2.24, 2.45) is 5.73 Å². The van der Waals surface area contributed by atoms with E-state index in [1.54, 1.807) is 0 Å². The average Bonchev–Trinajstić information content (AvgIpc) is 2.26. The van der Waals surface area contributed by atoms with Crippen molar-refractivity contribution in [2.45, 2.75) is 18.6 Å². The maximum atomic E-state index is 12.8. The molecular formula is C11H11ClF3NO3. The number of carboxylic acids is 1. The van der Waals surface area contributed by atoms with Crippen LogP contribution in [0.1, 0.15) is 33.9 Å². The van der Waals surface area contributed by atoms with Crippen molar-refractivity contribution in [2.75, 3.05) is 6.61 Å². The number of fused-ring (bicyclic) bond motifs is 1. The highest BCUT2D eigenvalue weighted by Crippen LogP contribution is 2.43. The number of ether oxygens (including phenoxy) is 1. The van der Waals surface area contributed by atoms with Crippen LogP contribution >= 0.6 is 12.4 Å². The van der Waals surface area contributed by atoms with Crippen molar-refractivity contribution in [3.8, 4) is 5.75 Å². The second kappa shape index (κ2) is 5.26. The molecule has 1 aromatic rings. The molecular weight excluding hydrogens is 287 g/mol. The summed E-state index contributed by atoms with van der Waals surface area (Å²) in [7, 11) is 0. The molecule has 8 heteroatoms. The third-order valence-electron chi connectivity index (χ3n) is 2.78. The van der Waals surface area contributed by atoms with Crippen LogP contribution in [0.2, 0.25) is 0 Å². The third-order valence-corrected chi connectivity index (χ3v) is 2.78. The Morgan fingerprint density at radius 2 is 2.05 bits per heavy atom. The lowest BCUT2D eigenvalue weighted by molar-refractivity contribution is -0.138. The molecule has 1 heterocycles. The smallest absolute Gasteiger partial charge is 0.416 e. The Hall–Kier alpha value is -1.47. The predicted octanol–water partition coefficient (Wildman–Crippen LogP) is 2.61. The summed E-state index contributed by atoms with van der Waals surface area (Å²) in [5.74, 6) is -1.61. The van der Waals surface area contributed by atoms with E-state index in [0.717, 1.165) is 12.1 Å². The van der Waals surface area contributed by atoms with Gasteiger partial charge in [0.05, 0.1) is 12.2 Å². The van der Waals surface area contributed by atoms with E-state index in [2.05, 4.69) is 0 Å². The van der Waals surface area contributed by atoms with E-state index in [1.807, 2.05) is 0 Å². The predicted molar refractivity (Wildman–Crippen MR) is 62.7 cm³/mol. The number of carboxylic acid groups (broad SMARTS) is 1. The van der Waals surface area contributed by atoms with Gasteiger partial charge in [0.1, 0.15) is 11.3 Å². The zero-order valence-electron chi connectivity index (χ0n) is 9.53. The first kappa shape index (κ1) is 15.6. The van der Waals surface area contributed by atoms with Gasteiger partial charge in [-0.3, -0.25) is 0 Å². The Bertz CT molecular complexity index is 505. The van der Waals surface area contributed by atoms with E-state index in [4.69, 9.17) is 15.6 Å². The molecule has 0 spiro atoms. The van der Waals surface area contributed by atoms with Crippen LogP contribution in [0, 0.1) is 0 Å². The van der Waals surface area contributed by atoms with Gasteiger partial charge in [0, 0.05) is 18.0 Å². The Morgan fingerprint density at radius 3 is 2.58 bits per heavy atom. The van der Waals surface area contributed by atoms with E-state index in [0.29, 0.717) is 0 Å². The minimum atomic E-state index is -4.58. The Balaban J connectivity index is 0.00000180. The molecule has 0 fully saturated rings. The van der Waals surface area contributed by atoms with E-state index in [1.165, 1.54) is 0 Å². The van der Waals surface area contributed by atoms with Gasteiger partial charge in [-0.2, -0.15) is 13.2 Å². The number of hydrogen-bond acceptors (Lipinski definition) is 3. The topological polar surface area (TPSA) is 72.5 Å². The van der Waals surface area contributed by atoms with Gasteiger partial charge in [0.15, 0.2) is 0 Å². The van der Waals surface area contributed by atoms with Crippen LogP contribution < -0.4 is 10.5 Å². The third kappa shape index (κ3) is 2.76. The fourth-order valence-electron chi connectivity index (χ4n) is 1.97. The summed E-state index contributed by atoms with van der Waals surface area (Å²) in [6.45, 7) is 0.107. The molecule has 3 N–H and O–H groups in total. The highest BCUT2D eigenvalue weighted by atomic mass is 35.5. The summed E-state index contributed by atoms with van der Waals surface area (Å²) in [5, 5.41) is 8.92. The Kier molecular flexibility index (Phi) is 4.32. The lowest BCUT2D eigenvalue weighted by Gasteiger charge is -2.27. The summed E-state index contributed by atoms with van der Waals surface area (Å²) in [6.07, 6.45) is -4.36. The summed E-state index contributed by atoms with van der Waals surface area (Å²) in [5.41, 5.74) is 4.14. The quantitative estimate of drug-likeness (QED) is 0.836. The van der Waals surface area contributed by atoms with Gasteiger partial charge in [-0.25, -0.2) is 4.79 Å². The first-order valence-electron chi connectivity index (χ1n) is 5.18. The minimum absolute atomic E-state index is 0. The molecule has 1 aromatic carbocycles. The fraction of sp³-hybridized carbons (Fsp3) is 0.364. The highest BCUT2D eigenvalue weighted by Gasteiger charge is 2.39. The molecule has 0 saturated heterocycles. The van der Waals surface area contributed by atoms with Gasteiger partial charge in [-0.15, -0.1) is 12.4 Å². The van der Waals surface area contributed by atoms with Crippen molar-refractivity contribution < 1.29 is 27.8 Å². The lowest BCUT2D eigenvalue weighted by Crippen LogP contribution is -2.26. The molecule has 0 aliphatic carbocycles. The molecule has 0 unspecified atom stereocenters. The number of alkyl halides is 3. The molecule has 4 nitrogen and oxygen atoms in total. The SMILES string of the molecule is Cl.N[C@H]1CCOc2c(C(=O)O)ccc(C(F)(F)F)c21. The van der Waals surface area contributed by atoms with Crippen molar-refractivity contribution in [3.63, 3.8) is 0 Å². The van der Waals surface area contributed by atoms with Crippen molar-refractivity contribution >= 4 is 18.4 Å². The second-order valence-electron chi connectivity index (χ2n) is 3.95. The number of carbonyl (C=O) groups is 1. The zero-order valence-corrected chi connectivity index (χ0v) is 10.3. The molecule has 1 aliphatic rings. The highest BCUT2D eigenvalue weighted by molar-refractivity contribution is 5.92. The van der Waals surface area contributed by atoms with Gasteiger partial charge < -0.3 is 15.6 Å². The van der Waals surface area contributed by atoms with E-state index in [-0.39, 0.29) is 42.3 Å². The molecule has 0 amide bonds. The van der Waals surface area contributed by atoms with Gasteiger partial charge in [0.2, 0.25) is 0 Å².